The summed E-state index contributed by atoms with van der Waals surface area (Å²) in [6.45, 7) is 1.25. The number of pyridine rings is 1. The van der Waals surface area contributed by atoms with E-state index in [0.717, 1.165) is 12.6 Å². The molecule has 1 aromatic rings. The van der Waals surface area contributed by atoms with Crippen molar-refractivity contribution in [3.8, 4) is 5.75 Å². The molecule has 0 aliphatic rings. The first-order chi connectivity index (χ1) is 8.01. The topological polar surface area (TPSA) is 43.4 Å². The standard InChI is InChI=1S/C10H13F3N2O2/c1-16-6-2-5-14-9-4-3-8(7-15-9)17-10(11,12)13/h3-4,7H,2,5-6H2,1H3,(H,14,15). The number of alkyl halides is 3. The van der Waals surface area contributed by atoms with Crippen molar-refractivity contribution in [1.82, 2.24) is 4.98 Å². The molecule has 1 aromatic heterocycles. The Morgan fingerprint density at radius 3 is 2.65 bits per heavy atom. The lowest BCUT2D eigenvalue weighted by molar-refractivity contribution is -0.274. The number of nitrogens with zero attached hydrogens (tertiary/aromatic N) is 1. The monoisotopic (exact) mass is 250 g/mol. The minimum absolute atomic E-state index is 0.333. The zero-order valence-corrected chi connectivity index (χ0v) is 9.25. The van der Waals surface area contributed by atoms with Crippen LogP contribution < -0.4 is 10.1 Å². The van der Waals surface area contributed by atoms with E-state index in [4.69, 9.17) is 4.74 Å². The lowest BCUT2D eigenvalue weighted by atomic mass is 10.4. The molecule has 0 spiro atoms. The first-order valence-electron chi connectivity index (χ1n) is 4.96. The summed E-state index contributed by atoms with van der Waals surface area (Å²) in [6.07, 6.45) is -2.87. The molecule has 7 heteroatoms. The van der Waals surface area contributed by atoms with Crippen molar-refractivity contribution in [3.05, 3.63) is 18.3 Å². The number of anilines is 1. The lowest BCUT2D eigenvalue weighted by Crippen LogP contribution is -2.17. The van der Waals surface area contributed by atoms with E-state index >= 15 is 0 Å². The van der Waals surface area contributed by atoms with Crippen LogP contribution in [-0.2, 0) is 4.74 Å². The van der Waals surface area contributed by atoms with Gasteiger partial charge in [-0.15, -0.1) is 13.2 Å². The largest absolute Gasteiger partial charge is 0.573 e. The molecule has 0 radical (unpaired) electrons. The van der Waals surface area contributed by atoms with E-state index in [2.05, 4.69) is 15.0 Å². The molecule has 0 aliphatic heterocycles. The number of nitrogens with one attached hydrogen (secondary N) is 1. The van der Waals surface area contributed by atoms with Crippen LogP contribution >= 0.6 is 0 Å². The number of halogens is 3. The summed E-state index contributed by atoms with van der Waals surface area (Å²) < 4.78 is 44.1. The SMILES string of the molecule is COCCCNc1ccc(OC(F)(F)F)cn1. The Kier molecular flexibility index (Phi) is 5.02. The molecule has 0 bridgehead atoms. The van der Waals surface area contributed by atoms with Crippen LogP contribution in [0, 0.1) is 0 Å². The quantitative estimate of drug-likeness (QED) is 0.787. The third-order valence-electron chi connectivity index (χ3n) is 1.80. The summed E-state index contributed by atoms with van der Waals surface area (Å²) >= 11 is 0. The number of hydrogen-bond acceptors (Lipinski definition) is 4. The van der Waals surface area contributed by atoms with Crippen molar-refractivity contribution in [2.24, 2.45) is 0 Å². The molecule has 4 nitrogen and oxygen atoms in total. The lowest BCUT2D eigenvalue weighted by Gasteiger charge is -2.09. The molecule has 0 aliphatic carbocycles. The van der Waals surface area contributed by atoms with Crippen molar-refractivity contribution in [2.45, 2.75) is 12.8 Å². The number of ether oxygens (including phenoxy) is 2. The Labute approximate surface area is 96.7 Å². The highest BCUT2D eigenvalue weighted by Crippen LogP contribution is 2.22. The highest BCUT2D eigenvalue weighted by molar-refractivity contribution is 5.37. The van der Waals surface area contributed by atoms with E-state index in [9.17, 15) is 13.2 Å². The molecule has 0 fully saturated rings. The van der Waals surface area contributed by atoms with Gasteiger partial charge in [0.1, 0.15) is 11.6 Å². The molecule has 0 saturated carbocycles. The first-order valence-corrected chi connectivity index (χ1v) is 4.96. The minimum Gasteiger partial charge on any atom is -0.404 e. The average molecular weight is 250 g/mol. The molecule has 1 N–H and O–H groups in total. The van der Waals surface area contributed by atoms with Gasteiger partial charge in [0.2, 0.25) is 0 Å². The van der Waals surface area contributed by atoms with Crippen LogP contribution in [0.1, 0.15) is 6.42 Å². The smallest absolute Gasteiger partial charge is 0.404 e. The molecule has 1 heterocycles. The maximum absolute atomic E-state index is 11.8. The second-order valence-corrected chi connectivity index (χ2v) is 3.20. The molecule has 0 saturated heterocycles. The van der Waals surface area contributed by atoms with Gasteiger partial charge in [-0.3, -0.25) is 0 Å². The fourth-order valence-electron chi connectivity index (χ4n) is 1.11. The number of hydrogen-bond donors (Lipinski definition) is 1. The van der Waals surface area contributed by atoms with Crippen LogP contribution in [0.25, 0.3) is 0 Å². The van der Waals surface area contributed by atoms with Gasteiger partial charge in [-0.1, -0.05) is 0 Å². The highest BCUT2D eigenvalue weighted by Gasteiger charge is 2.31. The molecule has 0 amide bonds. The highest BCUT2D eigenvalue weighted by atomic mass is 19.4. The number of rotatable bonds is 6. The molecule has 0 aromatic carbocycles. The second-order valence-electron chi connectivity index (χ2n) is 3.20. The maximum Gasteiger partial charge on any atom is 0.573 e. The van der Waals surface area contributed by atoms with Crippen LogP contribution in [-0.4, -0.2) is 31.6 Å². The summed E-state index contributed by atoms with van der Waals surface area (Å²) in [5, 5.41) is 2.94. The summed E-state index contributed by atoms with van der Waals surface area (Å²) in [7, 11) is 1.60. The predicted octanol–water partition coefficient (Wildman–Crippen LogP) is 2.43. The zero-order valence-electron chi connectivity index (χ0n) is 9.25. The van der Waals surface area contributed by atoms with Gasteiger partial charge in [-0.25, -0.2) is 4.98 Å². The van der Waals surface area contributed by atoms with E-state index in [1.165, 1.54) is 12.1 Å². The van der Waals surface area contributed by atoms with Crippen molar-refractivity contribution < 1.29 is 22.6 Å². The van der Waals surface area contributed by atoms with Gasteiger partial charge >= 0.3 is 6.36 Å². The maximum atomic E-state index is 11.8. The Bertz CT molecular complexity index is 327. The van der Waals surface area contributed by atoms with Crippen molar-refractivity contribution in [1.29, 1.82) is 0 Å². The molecular formula is C10H13F3N2O2. The fourth-order valence-corrected chi connectivity index (χ4v) is 1.11. The van der Waals surface area contributed by atoms with Gasteiger partial charge in [0.05, 0.1) is 6.20 Å². The van der Waals surface area contributed by atoms with Crippen molar-refractivity contribution in [2.75, 3.05) is 25.6 Å². The summed E-state index contributed by atoms with van der Waals surface area (Å²) in [5.74, 6) is 0.163. The van der Waals surface area contributed by atoms with Crippen LogP contribution in [0.2, 0.25) is 0 Å². The summed E-state index contributed by atoms with van der Waals surface area (Å²) in [4.78, 5) is 3.78. The molecule has 0 atom stereocenters. The third kappa shape index (κ3) is 5.96. The van der Waals surface area contributed by atoms with E-state index in [1.54, 1.807) is 7.11 Å². The average Bonchev–Trinajstić information content (AvgIpc) is 2.25. The Morgan fingerprint density at radius 1 is 1.35 bits per heavy atom. The molecule has 0 unspecified atom stereocenters. The normalized spacial score (nSPS) is 11.3. The Hall–Kier alpha value is -1.50. The van der Waals surface area contributed by atoms with Crippen molar-refractivity contribution >= 4 is 5.82 Å². The number of methoxy groups -OCH3 is 1. The summed E-state index contributed by atoms with van der Waals surface area (Å²) in [5.41, 5.74) is 0. The van der Waals surface area contributed by atoms with Crippen LogP contribution in [0.5, 0.6) is 5.75 Å². The van der Waals surface area contributed by atoms with E-state index in [0.29, 0.717) is 19.0 Å². The molecule has 96 valence electrons. The van der Waals surface area contributed by atoms with Gasteiger partial charge < -0.3 is 14.8 Å². The van der Waals surface area contributed by atoms with Crippen LogP contribution in [0.4, 0.5) is 19.0 Å². The van der Waals surface area contributed by atoms with Gasteiger partial charge in [-0.2, -0.15) is 0 Å². The van der Waals surface area contributed by atoms with Gasteiger partial charge in [0.25, 0.3) is 0 Å². The van der Waals surface area contributed by atoms with E-state index in [-0.39, 0.29) is 5.75 Å². The van der Waals surface area contributed by atoms with Gasteiger partial charge in [0.15, 0.2) is 0 Å². The fraction of sp³-hybridized carbons (Fsp3) is 0.500. The first kappa shape index (κ1) is 13.6. The van der Waals surface area contributed by atoms with Gasteiger partial charge in [-0.05, 0) is 18.6 Å². The Balaban J connectivity index is 2.39. The van der Waals surface area contributed by atoms with Crippen LogP contribution in [0.15, 0.2) is 18.3 Å². The van der Waals surface area contributed by atoms with Crippen LogP contribution in [0.3, 0.4) is 0 Å². The van der Waals surface area contributed by atoms with Gasteiger partial charge in [0, 0.05) is 20.3 Å². The Morgan fingerprint density at radius 2 is 2.12 bits per heavy atom. The third-order valence-corrected chi connectivity index (χ3v) is 1.80. The molecular weight excluding hydrogens is 237 g/mol. The predicted molar refractivity (Wildman–Crippen MR) is 55.9 cm³/mol. The minimum atomic E-state index is -4.69. The number of aromatic nitrogens is 1. The van der Waals surface area contributed by atoms with E-state index < -0.39 is 6.36 Å². The summed E-state index contributed by atoms with van der Waals surface area (Å²) in [6, 6.07) is 2.63. The van der Waals surface area contributed by atoms with E-state index in [1.807, 2.05) is 0 Å². The zero-order chi connectivity index (χ0) is 12.7. The molecule has 1 rings (SSSR count). The second kappa shape index (κ2) is 6.29. The molecule has 17 heavy (non-hydrogen) atoms. The van der Waals surface area contributed by atoms with Crippen molar-refractivity contribution in [3.63, 3.8) is 0 Å².